The van der Waals surface area contributed by atoms with Gasteiger partial charge < -0.3 is 58.6 Å². The fourth-order valence-corrected chi connectivity index (χ4v) is 8.37. The number of hydrogen-bond donors (Lipinski definition) is 0. The second kappa shape index (κ2) is 20.6. The molecule has 4 aliphatic heterocycles. The van der Waals surface area contributed by atoms with Crippen LogP contribution in [0.15, 0.2) is 170 Å². The van der Waals surface area contributed by atoms with Crippen molar-refractivity contribution in [3.63, 3.8) is 0 Å². The number of fused-ring (bicyclic) bond motifs is 8. The summed E-state index contributed by atoms with van der Waals surface area (Å²) in [6.45, 7) is 0. The summed E-state index contributed by atoms with van der Waals surface area (Å²) in [7, 11) is 0. The van der Waals surface area contributed by atoms with Crippen LogP contribution in [0.4, 0.5) is 0 Å². The first-order valence-corrected chi connectivity index (χ1v) is 21.4. The minimum absolute atomic E-state index is 0. The fraction of sp³-hybridized carbons (Fsp3) is 0.0714. The second-order valence-corrected chi connectivity index (χ2v) is 15.8. The molecule has 4 heterocycles. The SMILES string of the molecule is O=C([O-])c1cccc2c1Cc1ccccc1O2.O=C([O-])c1cccc2c1Cc1ccccc1O2.O=C([O-])c1cccc2c1Cc1ccccc1O2.O=C([O-])c1cccc2c1Cc1ccccc1O2.[Mo+4]. The fourth-order valence-electron chi connectivity index (χ4n) is 8.37. The molecule has 0 atom stereocenters. The number of carboxylic acids is 4. The summed E-state index contributed by atoms with van der Waals surface area (Å²) in [6.07, 6.45) is 2.26. The summed E-state index contributed by atoms with van der Waals surface area (Å²) in [4.78, 5) is 44.1. The van der Waals surface area contributed by atoms with E-state index in [4.69, 9.17) is 18.9 Å². The minimum atomic E-state index is -1.16. The van der Waals surface area contributed by atoms with Crippen LogP contribution in [0.2, 0.25) is 0 Å². The molecule has 0 aromatic heterocycles. The zero-order valence-electron chi connectivity index (χ0n) is 36.3. The van der Waals surface area contributed by atoms with Gasteiger partial charge in [0.25, 0.3) is 0 Å². The molecule has 0 unspecified atom stereocenters. The van der Waals surface area contributed by atoms with Gasteiger partial charge in [-0.1, -0.05) is 121 Å². The standard InChI is InChI=1S/4C14H10O3.Mo/c4*15-14(16)10-5-3-7-13-11(10)8-9-4-1-2-6-12(9)17-13;/h4*1-7H,8H2,(H,15,16);/q;;;;+4/p-4. The quantitative estimate of drug-likeness (QED) is 0.164. The van der Waals surface area contributed by atoms with Gasteiger partial charge in [0.05, 0.1) is 23.9 Å². The maximum atomic E-state index is 11.0. The third-order valence-corrected chi connectivity index (χ3v) is 11.7. The molecule has 0 saturated heterocycles. The largest absolute Gasteiger partial charge is 4.00 e. The van der Waals surface area contributed by atoms with E-state index in [0.717, 1.165) is 45.3 Å². The predicted molar refractivity (Wildman–Crippen MR) is 240 cm³/mol. The number of aromatic carboxylic acids is 4. The van der Waals surface area contributed by atoms with Crippen LogP contribution in [0, 0.1) is 0 Å². The summed E-state index contributed by atoms with van der Waals surface area (Å²) < 4.78 is 22.7. The molecule has 338 valence electrons. The molecule has 4 aliphatic rings. The molecule has 69 heavy (non-hydrogen) atoms. The van der Waals surface area contributed by atoms with Crippen LogP contribution in [0.5, 0.6) is 46.0 Å². The number of carbonyl (C=O) groups excluding carboxylic acids is 4. The van der Waals surface area contributed by atoms with Crippen LogP contribution < -0.4 is 39.4 Å². The molecule has 12 rings (SSSR count). The van der Waals surface area contributed by atoms with Crippen molar-refractivity contribution in [1.29, 1.82) is 0 Å². The van der Waals surface area contributed by atoms with Gasteiger partial charge in [-0.15, -0.1) is 0 Å². The van der Waals surface area contributed by atoms with Gasteiger partial charge in [0.2, 0.25) is 0 Å². The Kier molecular flexibility index (Phi) is 14.0. The van der Waals surface area contributed by atoms with Gasteiger partial charge >= 0.3 is 21.1 Å². The summed E-state index contributed by atoms with van der Waals surface area (Å²) in [5.74, 6) is 0.910. The number of para-hydroxylation sites is 4. The van der Waals surface area contributed by atoms with Gasteiger partial charge in [0, 0.05) is 70.2 Å². The molecule has 0 N–H and O–H groups in total. The summed E-state index contributed by atoms with van der Waals surface area (Å²) in [6, 6.07) is 50.4. The van der Waals surface area contributed by atoms with Gasteiger partial charge in [-0.3, -0.25) is 0 Å². The Morgan fingerprint density at radius 2 is 0.464 bits per heavy atom. The molecule has 8 aromatic carbocycles. The van der Waals surface area contributed by atoms with Crippen molar-refractivity contribution in [1.82, 2.24) is 0 Å². The maximum absolute atomic E-state index is 11.0. The van der Waals surface area contributed by atoms with E-state index in [1.54, 1.807) is 72.8 Å². The molecule has 13 heteroatoms. The third-order valence-electron chi connectivity index (χ3n) is 11.7. The van der Waals surface area contributed by atoms with E-state index in [1.165, 1.54) is 0 Å². The van der Waals surface area contributed by atoms with Crippen molar-refractivity contribution in [3.8, 4) is 46.0 Å². The molecule has 8 aromatic rings. The first-order chi connectivity index (χ1) is 33.0. The Balaban J connectivity index is 0.000000123. The first-order valence-electron chi connectivity index (χ1n) is 21.4. The minimum Gasteiger partial charge on any atom is -0.545 e. The molecular formula is C56H36MoO12. The van der Waals surface area contributed by atoms with Crippen LogP contribution >= 0.6 is 0 Å². The van der Waals surface area contributed by atoms with Crippen molar-refractivity contribution >= 4 is 23.9 Å². The summed E-state index contributed by atoms with van der Waals surface area (Å²) in [5, 5.41) is 44.1. The zero-order chi connectivity index (χ0) is 47.3. The van der Waals surface area contributed by atoms with Gasteiger partial charge in [0.15, 0.2) is 0 Å². The topological polar surface area (TPSA) is 197 Å². The maximum Gasteiger partial charge on any atom is 4.00 e. The summed E-state index contributed by atoms with van der Waals surface area (Å²) in [5.41, 5.74) is 7.54. The van der Waals surface area contributed by atoms with E-state index < -0.39 is 23.9 Å². The van der Waals surface area contributed by atoms with Crippen molar-refractivity contribution in [2.45, 2.75) is 25.7 Å². The van der Waals surface area contributed by atoms with Crippen LogP contribution in [0.1, 0.15) is 85.9 Å². The molecule has 12 nitrogen and oxygen atoms in total. The molecule has 0 amide bonds. The monoisotopic (exact) mass is 998 g/mol. The van der Waals surface area contributed by atoms with Gasteiger partial charge in [-0.25, -0.2) is 0 Å². The molecule has 0 bridgehead atoms. The average Bonchev–Trinajstić information content (AvgIpc) is 3.35. The Bertz CT molecular complexity index is 2850. The molecule has 0 fully saturated rings. The van der Waals surface area contributed by atoms with E-state index in [2.05, 4.69) is 0 Å². The number of ether oxygens (including phenoxy) is 4. The van der Waals surface area contributed by atoms with Gasteiger partial charge in [0.1, 0.15) is 46.0 Å². The molecule has 0 saturated carbocycles. The third kappa shape index (κ3) is 10.1. The van der Waals surface area contributed by atoms with E-state index in [-0.39, 0.29) is 43.3 Å². The van der Waals surface area contributed by atoms with Crippen molar-refractivity contribution in [2.75, 3.05) is 0 Å². The van der Waals surface area contributed by atoms with E-state index in [0.29, 0.717) is 70.9 Å². The summed E-state index contributed by atoms with van der Waals surface area (Å²) >= 11 is 0. The molecule has 0 spiro atoms. The Morgan fingerprint density at radius 3 is 0.667 bits per heavy atom. The van der Waals surface area contributed by atoms with E-state index in [1.807, 2.05) is 97.1 Å². The second-order valence-electron chi connectivity index (χ2n) is 15.8. The Hall–Kier alpha value is -8.47. The van der Waals surface area contributed by atoms with Crippen molar-refractivity contribution in [2.24, 2.45) is 0 Å². The predicted octanol–water partition coefficient (Wildman–Crippen LogP) is 6.98. The van der Waals surface area contributed by atoms with Crippen LogP contribution in [0.3, 0.4) is 0 Å². The number of carboxylic acid groups (broad SMARTS) is 4. The smallest absolute Gasteiger partial charge is 0.545 e. The van der Waals surface area contributed by atoms with E-state index in [9.17, 15) is 39.6 Å². The Morgan fingerprint density at radius 1 is 0.275 bits per heavy atom. The average molecular weight is 997 g/mol. The number of hydrogen-bond acceptors (Lipinski definition) is 12. The van der Waals surface area contributed by atoms with Crippen molar-refractivity contribution < 1.29 is 79.6 Å². The molecular weight excluding hydrogens is 961 g/mol. The van der Waals surface area contributed by atoms with Crippen LogP contribution in [0.25, 0.3) is 0 Å². The molecule has 0 radical (unpaired) electrons. The van der Waals surface area contributed by atoms with Crippen LogP contribution in [-0.4, -0.2) is 23.9 Å². The number of rotatable bonds is 4. The number of benzene rings is 8. The first kappa shape index (κ1) is 47.0. The van der Waals surface area contributed by atoms with E-state index >= 15 is 0 Å². The zero-order valence-corrected chi connectivity index (χ0v) is 38.3. The molecule has 0 aliphatic carbocycles. The van der Waals surface area contributed by atoms with Crippen molar-refractivity contribution in [3.05, 3.63) is 237 Å². The normalized spacial score (nSPS) is 12.1. The number of carbonyl (C=O) groups is 4. The van der Waals surface area contributed by atoms with Gasteiger partial charge in [-0.2, -0.15) is 0 Å². The van der Waals surface area contributed by atoms with Crippen LogP contribution in [-0.2, 0) is 46.7 Å². The Labute approximate surface area is 409 Å². The van der Waals surface area contributed by atoms with Gasteiger partial charge in [-0.05, 0) is 70.8 Å².